The second-order valence-corrected chi connectivity index (χ2v) is 8.49. The number of rotatable bonds is 6. The van der Waals surface area contributed by atoms with Gasteiger partial charge < -0.3 is 4.90 Å². The Morgan fingerprint density at radius 1 is 1.10 bits per heavy atom. The first-order valence-electron chi connectivity index (χ1n) is 10.1. The fourth-order valence-electron chi connectivity index (χ4n) is 3.94. The number of hydrogen-bond donors (Lipinski definition) is 1. The minimum atomic E-state index is -0.547. The maximum atomic E-state index is 13.5. The van der Waals surface area contributed by atoms with Gasteiger partial charge >= 0.3 is 0 Å². The minimum absolute atomic E-state index is 0.0822. The largest absolute Gasteiger partial charge is 0.334 e. The number of unbranched alkanes of at least 4 members (excludes halogenated alkanes) is 1. The Bertz CT molecular complexity index is 1050. The number of anilines is 1. The van der Waals surface area contributed by atoms with Crippen molar-refractivity contribution in [2.45, 2.75) is 38.1 Å². The monoisotopic (exact) mass is 420 g/mol. The van der Waals surface area contributed by atoms with Crippen molar-refractivity contribution in [2.24, 2.45) is 0 Å². The summed E-state index contributed by atoms with van der Waals surface area (Å²) in [4.78, 5) is 28.1. The van der Waals surface area contributed by atoms with Crippen molar-refractivity contribution in [1.82, 2.24) is 15.1 Å². The van der Waals surface area contributed by atoms with Gasteiger partial charge in [-0.2, -0.15) is 0 Å². The third kappa shape index (κ3) is 3.85. The van der Waals surface area contributed by atoms with Crippen molar-refractivity contribution < 1.29 is 9.59 Å². The lowest BCUT2D eigenvalue weighted by atomic mass is 9.79. The quantitative estimate of drug-likeness (QED) is 0.640. The highest BCUT2D eigenvalue weighted by atomic mass is 32.1. The predicted molar refractivity (Wildman–Crippen MR) is 118 cm³/mol. The van der Waals surface area contributed by atoms with Crippen LogP contribution in [0.4, 0.5) is 5.13 Å². The van der Waals surface area contributed by atoms with Crippen LogP contribution in [0, 0.1) is 0 Å². The first kappa shape index (κ1) is 20.2. The molecule has 0 aliphatic carbocycles. The lowest BCUT2D eigenvalue weighted by Gasteiger charge is -2.39. The zero-order chi connectivity index (χ0) is 21.1. The van der Waals surface area contributed by atoms with Gasteiger partial charge in [-0.1, -0.05) is 73.2 Å². The highest BCUT2D eigenvalue weighted by Crippen LogP contribution is 2.42. The Morgan fingerprint density at radius 2 is 1.83 bits per heavy atom. The van der Waals surface area contributed by atoms with Crippen LogP contribution in [-0.4, -0.2) is 34.0 Å². The Hall–Kier alpha value is -3.06. The predicted octanol–water partition coefficient (Wildman–Crippen LogP) is 4.43. The smallest absolute Gasteiger partial charge is 0.254 e. The van der Waals surface area contributed by atoms with Crippen LogP contribution in [0.3, 0.4) is 0 Å². The number of aryl methyl sites for hydroxylation is 1. The van der Waals surface area contributed by atoms with Crippen molar-refractivity contribution in [3.05, 3.63) is 76.3 Å². The normalized spacial score (nSPS) is 18.2. The van der Waals surface area contributed by atoms with E-state index in [1.54, 1.807) is 18.0 Å². The topological polar surface area (TPSA) is 75.2 Å². The number of fused-ring (bicyclic) bond motifs is 1. The molecule has 30 heavy (non-hydrogen) atoms. The number of carbonyl (C=O) groups is 2. The zero-order valence-electron chi connectivity index (χ0n) is 17.0. The van der Waals surface area contributed by atoms with Crippen molar-refractivity contribution in [2.75, 3.05) is 12.4 Å². The second kappa shape index (κ2) is 8.75. The third-order valence-corrected chi connectivity index (χ3v) is 6.34. The average Bonchev–Trinajstić information content (AvgIpc) is 3.22. The number of hydrogen-bond acceptors (Lipinski definition) is 5. The van der Waals surface area contributed by atoms with Crippen LogP contribution in [0.5, 0.6) is 0 Å². The molecule has 0 saturated heterocycles. The van der Waals surface area contributed by atoms with E-state index in [-0.39, 0.29) is 11.8 Å². The number of benzene rings is 2. The maximum absolute atomic E-state index is 13.5. The Kier molecular flexibility index (Phi) is 5.90. The van der Waals surface area contributed by atoms with Crippen LogP contribution in [0.1, 0.15) is 58.2 Å². The molecule has 1 aliphatic heterocycles. The maximum Gasteiger partial charge on any atom is 0.254 e. The first-order chi connectivity index (χ1) is 14.6. The molecule has 1 N–H and O–H groups in total. The molecule has 1 aliphatic rings. The lowest BCUT2D eigenvalue weighted by molar-refractivity contribution is -0.119. The highest BCUT2D eigenvalue weighted by Gasteiger charge is 2.42. The molecule has 6 nitrogen and oxygen atoms in total. The fraction of sp³-hybridized carbons (Fsp3) is 0.304. The van der Waals surface area contributed by atoms with Crippen molar-refractivity contribution in [1.29, 1.82) is 0 Å². The molecule has 7 heteroatoms. The average molecular weight is 421 g/mol. The number of likely N-dealkylation sites (N-methyl/N-ethyl adjacent to an activating group) is 1. The van der Waals surface area contributed by atoms with E-state index in [2.05, 4.69) is 22.4 Å². The molecule has 0 radical (unpaired) electrons. The third-order valence-electron chi connectivity index (χ3n) is 5.44. The first-order valence-corrected chi connectivity index (χ1v) is 11.0. The summed E-state index contributed by atoms with van der Waals surface area (Å²) in [5, 5.41) is 12.7. The molecule has 2 aromatic carbocycles. The fourth-order valence-corrected chi connectivity index (χ4v) is 4.72. The number of amides is 2. The molecular weight excluding hydrogens is 396 g/mol. The van der Waals surface area contributed by atoms with Gasteiger partial charge in [0.2, 0.25) is 11.0 Å². The minimum Gasteiger partial charge on any atom is -0.334 e. The van der Waals surface area contributed by atoms with Gasteiger partial charge in [0, 0.05) is 19.0 Å². The SMILES string of the molecule is CCCCc1nnc(NC(=O)C2c3ccccc3C(=O)N(C)C2c2ccccc2)s1. The summed E-state index contributed by atoms with van der Waals surface area (Å²) < 4.78 is 0. The van der Waals surface area contributed by atoms with Gasteiger partial charge in [-0.25, -0.2) is 0 Å². The number of carbonyl (C=O) groups excluding carboxylic acids is 2. The summed E-state index contributed by atoms with van der Waals surface area (Å²) in [6, 6.07) is 16.6. The Balaban J connectivity index is 1.70. The molecule has 0 fully saturated rings. The standard InChI is InChI=1S/C23H24N4O2S/c1-3-4-14-18-25-26-23(30-18)24-21(28)19-16-12-8-9-13-17(16)22(29)27(2)20(19)15-10-6-5-7-11-15/h5-13,19-20H,3-4,14H2,1-2H3,(H,24,26,28). The van der Waals surface area contributed by atoms with E-state index >= 15 is 0 Å². The summed E-state index contributed by atoms with van der Waals surface area (Å²) in [5.41, 5.74) is 2.22. The van der Waals surface area contributed by atoms with Gasteiger partial charge in [0.25, 0.3) is 5.91 Å². The molecule has 154 valence electrons. The molecule has 2 heterocycles. The zero-order valence-corrected chi connectivity index (χ0v) is 17.9. The van der Waals surface area contributed by atoms with E-state index in [4.69, 9.17) is 0 Å². The van der Waals surface area contributed by atoms with E-state index in [0.29, 0.717) is 10.7 Å². The van der Waals surface area contributed by atoms with Gasteiger partial charge in [-0.15, -0.1) is 10.2 Å². The molecule has 0 saturated carbocycles. The molecule has 3 aromatic rings. The molecule has 2 unspecified atom stereocenters. The van der Waals surface area contributed by atoms with Crippen LogP contribution in [0.25, 0.3) is 0 Å². The van der Waals surface area contributed by atoms with E-state index in [1.807, 2.05) is 48.5 Å². The molecule has 4 rings (SSSR count). The van der Waals surface area contributed by atoms with Gasteiger partial charge in [0.15, 0.2) is 0 Å². The highest BCUT2D eigenvalue weighted by molar-refractivity contribution is 7.15. The molecular formula is C23H24N4O2S. The molecule has 2 amide bonds. The number of nitrogens with zero attached hydrogens (tertiary/aromatic N) is 3. The van der Waals surface area contributed by atoms with E-state index in [1.165, 1.54) is 11.3 Å². The van der Waals surface area contributed by atoms with Gasteiger partial charge in [-0.3, -0.25) is 14.9 Å². The Morgan fingerprint density at radius 3 is 2.60 bits per heavy atom. The van der Waals surface area contributed by atoms with Gasteiger partial charge in [0.05, 0.1) is 12.0 Å². The summed E-state index contributed by atoms with van der Waals surface area (Å²) >= 11 is 1.41. The van der Waals surface area contributed by atoms with Crippen molar-refractivity contribution in [3.8, 4) is 0 Å². The van der Waals surface area contributed by atoms with E-state index in [9.17, 15) is 9.59 Å². The lowest BCUT2D eigenvalue weighted by Crippen LogP contribution is -2.44. The van der Waals surface area contributed by atoms with Crippen LogP contribution in [0.15, 0.2) is 54.6 Å². The number of nitrogens with one attached hydrogen (secondary N) is 1. The van der Waals surface area contributed by atoms with Crippen LogP contribution < -0.4 is 5.32 Å². The van der Waals surface area contributed by atoms with Crippen LogP contribution in [0.2, 0.25) is 0 Å². The van der Waals surface area contributed by atoms with Gasteiger partial charge in [-0.05, 0) is 23.6 Å². The molecule has 2 atom stereocenters. The molecule has 0 spiro atoms. The van der Waals surface area contributed by atoms with Crippen LogP contribution >= 0.6 is 11.3 Å². The van der Waals surface area contributed by atoms with Crippen molar-refractivity contribution >= 4 is 28.3 Å². The molecule has 0 bridgehead atoms. The number of aromatic nitrogens is 2. The van der Waals surface area contributed by atoms with Crippen LogP contribution in [-0.2, 0) is 11.2 Å². The van der Waals surface area contributed by atoms with Crippen molar-refractivity contribution in [3.63, 3.8) is 0 Å². The Labute approximate surface area is 180 Å². The van der Waals surface area contributed by atoms with E-state index < -0.39 is 12.0 Å². The summed E-state index contributed by atoms with van der Waals surface area (Å²) in [7, 11) is 1.75. The van der Waals surface area contributed by atoms with E-state index in [0.717, 1.165) is 35.4 Å². The summed E-state index contributed by atoms with van der Waals surface area (Å²) in [5.74, 6) is -0.815. The summed E-state index contributed by atoms with van der Waals surface area (Å²) in [6.45, 7) is 2.13. The second-order valence-electron chi connectivity index (χ2n) is 7.43. The molecule has 1 aromatic heterocycles. The van der Waals surface area contributed by atoms with Gasteiger partial charge in [0.1, 0.15) is 5.01 Å². The summed E-state index contributed by atoms with van der Waals surface area (Å²) in [6.07, 6.45) is 2.99.